The van der Waals surface area contributed by atoms with Crippen LogP contribution in [-0.4, -0.2) is 46.0 Å². The van der Waals surface area contributed by atoms with E-state index in [1.165, 1.54) is 4.68 Å². The number of rotatable bonds is 4. The number of morpholine rings is 1. The Labute approximate surface area is 134 Å². The molecule has 7 nitrogen and oxygen atoms in total. The number of ether oxygens (including phenoxy) is 1. The van der Waals surface area contributed by atoms with Crippen LogP contribution < -0.4 is 5.56 Å². The van der Waals surface area contributed by atoms with Crippen molar-refractivity contribution in [2.45, 2.75) is 32.9 Å². The van der Waals surface area contributed by atoms with Gasteiger partial charge in [0.1, 0.15) is 11.9 Å². The molecule has 23 heavy (non-hydrogen) atoms. The van der Waals surface area contributed by atoms with Crippen LogP contribution in [0.5, 0.6) is 0 Å². The Bertz CT molecular complexity index is 703. The maximum atomic E-state index is 12.8. The predicted octanol–water partition coefficient (Wildman–Crippen LogP) is 1.87. The lowest BCUT2D eigenvalue weighted by Crippen LogP contribution is -2.44. The molecule has 0 spiro atoms. The van der Waals surface area contributed by atoms with E-state index in [4.69, 9.17) is 9.15 Å². The average Bonchev–Trinajstić information content (AvgIpc) is 3.09. The van der Waals surface area contributed by atoms with E-state index in [9.17, 15) is 4.79 Å². The van der Waals surface area contributed by atoms with Crippen LogP contribution in [0.1, 0.15) is 38.5 Å². The van der Waals surface area contributed by atoms with Crippen molar-refractivity contribution < 1.29 is 9.15 Å². The summed E-state index contributed by atoms with van der Waals surface area (Å²) in [4.78, 5) is 19.4. The van der Waals surface area contributed by atoms with Crippen LogP contribution in [0.4, 0.5) is 0 Å². The minimum atomic E-state index is -0.152. The van der Waals surface area contributed by atoms with Crippen molar-refractivity contribution in [3.05, 3.63) is 34.4 Å². The van der Waals surface area contributed by atoms with Gasteiger partial charge in [-0.25, -0.2) is 9.67 Å². The standard InChI is InChI=1S/C16H22N4O3/c1-11(2)14-16(21)20(12(3)19-6-9-22-10-7-19)18-15(17-14)13-5-4-8-23-13/h4-5,8,11-12H,6-7,9-10H2,1-3H3. The summed E-state index contributed by atoms with van der Waals surface area (Å²) in [6, 6.07) is 3.59. The zero-order valence-corrected chi connectivity index (χ0v) is 13.7. The Balaban J connectivity index is 2.05. The minimum Gasteiger partial charge on any atom is -0.461 e. The molecule has 2 aromatic rings. The summed E-state index contributed by atoms with van der Waals surface area (Å²) in [7, 11) is 0. The fourth-order valence-corrected chi connectivity index (χ4v) is 2.69. The molecule has 0 bridgehead atoms. The molecule has 1 aliphatic heterocycles. The Hall–Kier alpha value is -1.99. The lowest BCUT2D eigenvalue weighted by molar-refractivity contribution is -0.00102. The maximum absolute atomic E-state index is 12.8. The van der Waals surface area contributed by atoms with Crippen LogP contribution >= 0.6 is 0 Å². The first kappa shape index (κ1) is 15.9. The second kappa shape index (κ2) is 6.64. The van der Waals surface area contributed by atoms with Crippen molar-refractivity contribution >= 4 is 0 Å². The molecule has 3 rings (SSSR count). The highest BCUT2D eigenvalue weighted by Crippen LogP contribution is 2.19. The third kappa shape index (κ3) is 3.20. The predicted molar refractivity (Wildman–Crippen MR) is 85.2 cm³/mol. The van der Waals surface area contributed by atoms with E-state index >= 15 is 0 Å². The highest BCUT2D eigenvalue weighted by atomic mass is 16.5. The van der Waals surface area contributed by atoms with Gasteiger partial charge in [-0.2, -0.15) is 0 Å². The molecular formula is C16H22N4O3. The molecule has 124 valence electrons. The van der Waals surface area contributed by atoms with Crippen LogP contribution in [0, 0.1) is 0 Å². The largest absolute Gasteiger partial charge is 0.461 e. The average molecular weight is 318 g/mol. The van der Waals surface area contributed by atoms with Crippen LogP contribution in [0.25, 0.3) is 11.6 Å². The van der Waals surface area contributed by atoms with Crippen molar-refractivity contribution in [2.75, 3.05) is 26.3 Å². The molecule has 1 unspecified atom stereocenters. The summed E-state index contributed by atoms with van der Waals surface area (Å²) < 4.78 is 12.3. The summed E-state index contributed by atoms with van der Waals surface area (Å²) in [6.07, 6.45) is 1.43. The minimum absolute atomic E-state index is 0.0161. The van der Waals surface area contributed by atoms with E-state index in [0.717, 1.165) is 13.1 Å². The van der Waals surface area contributed by atoms with Gasteiger partial charge >= 0.3 is 0 Å². The number of hydrogen-bond donors (Lipinski definition) is 0. The van der Waals surface area contributed by atoms with E-state index in [1.54, 1.807) is 18.4 Å². The molecule has 0 aliphatic carbocycles. The normalized spacial score (nSPS) is 17.6. The van der Waals surface area contributed by atoms with E-state index in [1.807, 2.05) is 20.8 Å². The molecule has 0 amide bonds. The molecular weight excluding hydrogens is 296 g/mol. The van der Waals surface area contributed by atoms with Crippen molar-refractivity contribution in [3.63, 3.8) is 0 Å². The molecule has 0 aromatic carbocycles. The molecule has 3 heterocycles. The maximum Gasteiger partial charge on any atom is 0.290 e. The smallest absolute Gasteiger partial charge is 0.290 e. The number of furan rings is 1. The summed E-state index contributed by atoms with van der Waals surface area (Å²) in [5.41, 5.74) is 0.362. The van der Waals surface area contributed by atoms with Gasteiger partial charge in [-0.3, -0.25) is 9.69 Å². The van der Waals surface area contributed by atoms with Crippen molar-refractivity contribution in [2.24, 2.45) is 0 Å². The third-order valence-electron chi connectivity index (χ3n) is 4.07. The van der Waals surface area contributed by atoms with Gasteiger partial charge in [0.25, 0.3) is 5.56 Å². The fraction of sp³-hybridized carbons (Fsp3) is 0.562. The SMILES string of the molecule is CC(C)c1nc(-c2ccco2)nn(C(C)N2CCOCC2)c1=O. The summed E-state index contributed by atoms with van der Waals surface area (Å²) in [5.74, 6) is 1.02. The van der Waals surface area contributed by atoms with Crippen molar-refractivity contribution in [3.8, 4) is 11.6 Å². The lowest BCUT2D eigenvalue weighted by Gasteiger charge is -2.32. The molecule has 2 aromatic heterocycles. The van der Waals surface area contributed by atoms with Crippen LogP contribution in [0.15, 0.2) is 27.6 Å². The van der Waals surface area contributed by atoms with Gasteiger partial charge in [-0.1, -0.05) is 13.8 Å². The Kier molecular flexibility index (Phi) is 4.58. The molecule has 1 fully saturated rings. The van der Waals surface area contributed by atoms with Gasteiger partial charge in [-0.15, -0.1) is 5.10 Å². The number of aromatic nitrogens is 3. The number of nitrogens with zero attached hydrogens (tertiary/aromatic N) is 4. The van der Waals surface area contributed by atoms with Crippen LogP contribution in [0.2, 0.25) is 0 Å². The summed E-state index contributed by atoms with van der Waals surface area (Å²) in [5, 5.41) is 4.45. The zero-order chi connectivity index (χ0) is 16.4. The molecule has 7 heteroatoms. The number of hydrogen-bond acceptors (Lipinski definition) is 6. The Morgan fingerprint density at radius 3 is 2.57 bits per heavy atom. The van der Waals surface area contributed by atoms with Gasteiger partial charge in [0.15, 0.2) is 5.76 Å². The Morgan fingerprint density at radius 2 is 1.96 bits per heavy atom. The van der Waals surface area contributed by atoms with Crippen LogP contribution in [-0.2, 0) is 4.74 Å². The van der Waals surface area contributed by atoms with E-state index < -0.39 is 0 Å². The van der Waals surface area contributed by atoms with Gasteiger partial charge < -0.3 is 9.15 Å². The quantitative estimate of drug-likeness (QED) is 0.857. The zero-order valence-electron chi connectivity index (χ0n) is 13.7. The lowest BCUT2D eigenvalue weighted by atomic mass is 10.1. The van der Waals surface area contributed by atoms with Gasteiger partial charge in [0.2, 0.25) is 5.82 Å². The first-order valence-electron chi connectivity index (χ1n) is 7.94. The molecule has 1 atom stereocenters. The molecule has 1 saturated heterocycles. The molecule has 0 N–H and O–H groups in total. The first-order valence-corrected chi connectivity index (χ1v) is 7.94. The Morgan fingerprint density at radius 1 is 1.22 bits per heavy atom. The molecule has 0 radical (unpaired) electrons. The first-order chi connectivity index (χ1) is 11.1. The van der Waals surface area contributed by atoms with Crippen molar-refractivity contribution in [1.29, 1.82) is 0 Å². The van der Waals surface area contributed by atoms with Gasteiger partial charge in [0.05, 0.1) is 19.5 Å². The summed E-state index contributed by atoms with van der Waals surface area (Å²) in [6.45, 7) is 8.81. The van der Waals surface area contributed by atoms with Crippen LogP contribution in [0.3, 0.4) is 0 Å². The van der Waals surface area contributed by atoms with Gasteiger partial charge in [0, 0.05) is 19.0 Å². The van der Waals surface area contributed by atoms with E-state index in [2.05, 4.69) is 15.0 Å². The summed E-state index contributed by atoms with van der Waals surface area (Å²) >= 11 is 0. The fourth-order valence-electron chi connectivity index (χ4n) is 2.69. The highest BCUT2D eigenvalue weighted by molar-refractivity contribution is 5.45. The van der Waals surface area contributed by atoms with E-state index in [-0.39, 0.29) is 17.6 Å². The van der Waals surface area contributed by atoms with E-state index in [0.29, 0.717) is 30.5 Å². The van der Waals surface area contributed by atoms with Gasteiger partial charge in [-0.05, 0) is 19.1 Å². The topological polar surface area (TPSA) is 73.4 Å². The molecule has 1 aliphatic rings. The van der Waals surface area contributed by atoms with Crippen molar-refractivity contribution in [1.82, 2.24) is 19.7 Å². The second-order valence-corrected chi connectivity index (χ2v) is 5.98. The monoisotopic (exact) mass is 318 g/mol. The third-order valence-corrected chi connectivity index (χ3v) is 4.07. The highest BCUT2D eigenvalue weighted by Gasteiger charge is 2.24. The second-order valence-electron chi connectivity index (χ2n) is 5.98. The molecule has 0 saturated carbocycles.